The maximum absolute atomic E-state index is 11.1. The minimum Gasteiger partial charge on any atom is -0.469 e. The van der Waals surface area contributed by atoms with Gasteiger partial charge in [-0.3, -0.25) is 4.79 Å². The van der Waals surface area contributed by atoms with Crippen molar-refractivity contribution in [1.82, 2.24) is 5.32 Å². The largest absolute Gasteiger partial charge is 0.469 e. The van der Waals surface area contributed by atoms with Crippen LogP contribution in [0.15, 0.2) is 12.1 Å². The molecule has 0 spiro atoms. The maximum atomic E-state index is 11.1. The number of nitrogens with one attached hydrogen (secondary N) is 1. The van der Waals surface area contributed by atoms with Gasteiger partial charge in [0.1, 0.15) is 0 Å². The van der Waals surface area contributed by atoms with Gasteiger partial charge in [-0.15, -0.1) is 11.3 Å². The van der Waals surface area contributed by atoms with Crippen LogP contribution in [0.1, 0.15) is 22.6 Å². The van der Waals surface area contributed by atoms with Crippen LogP contribution in [0.2, 0.25) is 0 Å². The van der Waals surface area contributed by atoms with Crippen molar-refractivity contribution in [2.75, 3.05) is 14.2 Å². The topological polar surface area (TPSA) is 47.6 Å². The molecule has 0 aromatic carbocycles. The van der Waals surface area contributed by atoms with Crippen LogP contribution in [0.25, 0.3) is 0 Å². The molecule has 0 aliphatic heterocycles. The summed E-state index contributed by atoms with van der Waals surface area (Å²) in [6.45, 7) is 0.868. The Hall–Kier alpha value is -0.910. The van der Waals surface area contributed by atoms with Gasteiger partial charge < -0.3 is 14.8 Å². The van der Waals surface area contributed by atoms with Crippen LogP contribution >= 0.6 is 11.3 Å². The van der Waals surface area contributed by atoms with Gasteiger partial charge in [-0.05, 0) is 25.0 Å². The molecule has 0 amide bonds. The second kappa shape index (κ2) is 6.31. The van der Waals surface area contributed by atoms with Crippen LogP contribution in [0.3, 0.4) is 0 Å². The lowest BCUT2D eigenvalue weighted by molar-refractivity contribution is -0.139. The maximum Gasteiger partial charge on any atom is 0.310 e. The lowest BCUT2D eigenvalue weighted by atomic mass is 9.89. The summed E-state index contributed by atoms with van der Waals surface area (Å²) in [4.78, 5) is 13.5. The quantitative estimate of drug-likeness (QED) is 0.799. The Morgan fingerprint density at radius 3 is 2.78 bits per heavy atom. The lowest BCUT2D eigenvalue weighted by Gasteiger charge is -2.34. The number of carbonyl (C=O) groups is 1. The highest BCUT2D eigenvalue weighted by Crippen LogP contribution is 2.24. The first-order valence-corrected chi connectivity index (χ1v) is 6.93. The standard InChI is InChI=1S/C13H19NO3S/c1-16-10-5-9(6-10)14-8-12-4-3-11(18-12)7-13(15)17-2/h3-4,9-10,14H,5-8H2,1-2H3. The van der Waals surface area contributed by atoms with E-state index in [1.807, 2.05) is 6.07 Å². The molecule has 0 bridgehead atoms. The summed E-state index contributed by atoms with van der Waals surface area (Å²) in [6, 6.07) is 4.64. The average molecular weight is 269 g/mol. The van der Waals surface area contributed by atoms with E-state index in [0.29, 0.717) is 18.6 Å². The monoisotopic (exact) mass is 269 g/mol. The molecule has 0 saturated heterocycles. The first-order chi connectivity index (χ1) is 8.71. The Labute approximate surface area is 111 Å². The predicted octanol–water partition coefficient (Wildman–Crippen LogP) is 1.73. The summed E-state index contributed by atoms with van der Waals surface area (Å²) in [5.41, 5.74) is 0. The van der Waals surface area contributed by atoms with E-state index in [9.17, 15) is 4.79 Å². The molecule has 1 aromatic heterocycles. The van der Waals surface area contributed by atoms with Crippen LogP contribution < -0.4 is 5.32 Å². The highest BCUT2D eigenvalue weighted by molar-refractivity contribution is 7.12. The van der Waals surface area contributed by atoms with Gasteiger partial charge in [0.25, 0.3) is 0 Å². The molecule has 100 valence electrons. The minimum atomic E-state index is -0.182. The molecule has 2 rings (SSSR count). The van der Waals surface area contributed by atoms with Crippen molar-refractivity contribution in [1.29, 1.82) is 0 Å². The second-order valence-corrected chi connectivity index (χ2v) is 5.78. The molecule has 1 aliphatic carbocycles. The molecule has 0 atom stereocenters. The zero-order valence-electron chi connectivity index (χ0n) is 10.8. The van der Waals surface area contributed by atoms with Gasteiger partial charge >= 0.3 is 5.97 Å². The summed E-state index contributed by atoms with van der Waals surface area (Å²) in [5, 5.41) is 3.49. The van der Waals surface area contributed by atoms with Gasteiger partial charge in [0, 0.05) is 29.5 Å². The molecular weight excluding hydrogens is 250 g/mol. The highest BCUT2D eigenvalue weighted by Gasteiger charge is 2.28. The Bertz CT molecular complexity index is 399. The summed E-state index contributed by atoms with van der Waals surface area (Å²) in [5.74, 6) is -0.182. The van der Waals surface area contributed by atoms with Crippen molar-refractivity contribution in [2.45, 2.75) is 38.0 Å². The molecule has 1 heterocycles. The number of ether oxygens (including phenoxy) is 2. The number of methoxy groups -OCH3 is 2. The summed E-state index contributed by atoms with van der Waals surface area (Å²) < 4.78 is 9.89. The summed E-state index contributed by atoms with van der Waals surface area (Å²) >= 11 is 1.67. The number of rotatable bonds is 6. The van der Waals surface area contributed by atoms with Crippen LogP contribution in [0.5, 0.6) is 0 Å². The van der Waals surface area contributed by atoms with E-state index >= 15 is 0 Å². The Kier molecular flexibility index (Phi) is 4.74. The first-order valence-electron chi connectivity index (χ1n) is 6.12. The molecule has 5 heteroatoms. The van der Waals surface area contributed by atoms with Crippen LogP contribution in [-0.4, -0.2) is 32.3 Å². The highest BCUT2D eigenvalue weighted by atomic mass is 32.1. The third kappa shape index (κ3) is 3.54. The van der Waals surface area contributed by atoms with Gasteiger partial charge in [0.2, 0.25) is 0 Å². The van der Waals surface area contributed by atoms with Crippen molar-refractivity contribution < 1.29 is 14.3 Å². The van der Waals surface area contributed by atoms with E-state index in [0.717, 1.165) is 24.3 Å². The third-order valence-corrected chi connectivity index (χ3v) is 4.34. The molecule has 1 N–H and O–H groups in total. The minimum absolute atomic E-state index is 0.182. The zero-order chi connectivity index (χ0) is 13.0. The fourth-order valence-corrected chi connectivity index (χ4v) is 2.95. The van der Waals surface area contributed by atoms with E-state index < -0.39 is 0 Å². The van der Waals surface area contributed by atoms with Crippen molar-refractivity contribution in [3.05, 3.63) is 21.9 Å². The molecular formula is C13H19NO3S. The molecule has 1 aromatic rings. The normalized spacial score (nSPS) is 22.6. The van der Waals surface area contributed by atoms with Crippen molar-refractivity contribution in [2.24, 2.45) is 0 Å². The predicted molar refractivity (Wildman–Crippen MR) is 70.7 cm³/mol. The number of thiophene rings is 1. The fraction of sp³-hybridized carbons (Fsp3) is 0.615. The first kappa shape index (κ1) is 13.5. The van der Waals surface area contributed by atoms with Gasteiger partial charge in [-0.1, -0.05) is 0 Å². The number of hydrogen-bond acceptors (Lipinski definition) is 5. The van der Waals surface area contributed by atoms with Crippen molar-refractivity contribution in [3.63, 3.8) is 0 Å². The number of hydrogen-bond donors (Lipinski definition) is 1. The molecule has 0 unspecified atom stereocenters. The van der Waals surface area contributed by atoms with E-state index in [1.54, 1.807) is 18.4 Å². The zero-order valence-corrected chi connectivity index (χ0v) is 11.6. The van der Waals surface area contributed by atoms with Gasteiger partial charge in [0.05, 0.1) is 19.6 Å². The Balaban J connectivity index is 1.72. The van der Waals surface area contributed by atoms with E-state index in [-0.39, 0.29) is 5.97 Å². The average Bonchev–Trinajstić information content (AvgIpc) is 2.75. The molecule has 1 saturated carbocycles. The van der Waals surface area contributed by atoms with E-state index in [1.165, 1.54) is 12.0 Å². The summed E-state index contributed by atoms with van der Waals surface area (Å²) in [7, 11) is 3.18. The molecule has 1 aliphatic rings. The van der Waals surface area contributed by atoms with Gasteiger partial charge in [0.15, 0.2) is 0 Å². The molecule has 1 fully saturated rings. The van der Waals surface area contributed by atoms with E-state index in [4.69, 9.17) is 4.74 Å². The van der Waals surface area contributed by atoms with Crippen molar-refractivity contribution >= 4 is 17.3 Å². The molecule has 18 heavy (non-hydrogen) atoms. The van der Waals surface area contributed by atoms with E-state index in [2.05, 4.69) is 16.1 Å². The SMILES string of the molecule is COC(=O)Cc1ccc(CNC2CC(OC)C2)s1. The summed E-state index contributed by atoms with van der Waals surface area (Å²) in [6.07, 6.45) is 2.99. The third-order valence-electron chi connectivity index (χ3n) is 3.26. The lowest BCUT2D eigenvalue weighted by Crippen LogP contribution is -2.44. The van der Waals surface area contributed by atoms with Gasteiger partial charge in [-0.2, -0.15) is 0 Å². The van der Waals surface area contributed by atoms with Crippen LogP contribution in [0, 0.1) is 0 Å². The number of carbonyl (C=O) groups excluding carboxylic acids is 1. The Morgan fingerprint density at radius 2 is 2.11 bits per heavy atom. The smallest absolute Gasteiger partial charge is 0.310 e. The molecule has 4 nitrogen and oxygen atoms in total. The second-order valence-electron chi connectivity index (χ2n) is 4.53. The van der Waals surface area contributed by atoms with Gasteiger partial charge in [-0.25, -0.2) is 0 Å². The van der Waals surface area contributed by atoms with Crippen LogP contribution in [0.4, 0.5) is 0 Å². The Morgan fingerprint density at radius 1 is 1.39 bits per heavy atom. The van der Waals surface area contributed by atoms with Crippen LogP contribution in [-0.2, 0) is 27.2 Å². The van der Waals surface area contributed by atoms with Crippen molar-refractivity contribution in [3.8, 4) is 0 Å². The number of esters is 1. The molecule has 0 radical (unpaired) electrons. The fourth-order valence-electron chi connectivity index (χ4n) is 2.00.